The van der Waals surface area contributed by atoms with Crippen molar-refractivity contribution in [2.45, 2.75) is 38.6 Å². The summed E-state index contributed by atoms with van der Waals surface area (Å²) in [4.78, 5) is 30.7. The van der Waals surface area contributed by atoms with Gasteiger partial charge >= 0.3 is 0 Å². The first-order chi connectivity index (χ1) is 14.6. The molecule has 154 valence electrons. The molecule has 1 atom stereocenters. The monoisotopic (exact) mass is 420 g/mol. The Labute approximate surface area is 179 Å². The highest BCUT2D eigenvalue weighted by Crippen LogP contribution is 2.33. The minimum atomic E-state index is -0.0926. The highest BCUT2D eigenvalue weighted by atomic mass is 32.1. The fourth-order valence-electron chi connectivity index (χ4n) is 4.49. The lowest BCUT2D eigenvalue weighted by molar-refractivity contribution is 0.0611. The molecular formula is C23H24N4O2S. The van der Waals surface area contributed by atoms with Crippen molar-refractivity contribution in [3.63, 3.8) is 0 Å². The van der Waals surface area contributed by atoms with Crippen molar-refractivity contribution in [2.75, 3.05) is 18.0 Å². The normalized spacial score (nSPS) is 18.5. The lowest BCUT2D eigenvalue weighted by Crippen LogP contribution is -2.38. The zero-order valence-corrected chi connectivity index (χ0v) is 17.7. The van der Waals surface area contributed by atoms with Crippen molar-refractivity contribution < 1.29 is 9.59 Å². The van der Waals surface area contributed by atoms with Gasteiger partial charge in [-0.15, -0.1) is 11.3 Å². The number of nitrogens with one attached hydrogen (secondary N) is 1. The number of H-pyrrole nitrogens is 1. The number of carbonyl (C=O) groups is 2. The van der Waals surface area contributed by atoms with Crippen LogP contribution in [-0.4, -0.2) is 40.0 Å². The van der Waals surface area contributed by atoms with Crippen LogP contribution in [-0.2, 0) is 6.42 Å². The fourth-order valence-corrected chi connectivity index (χ4v) is 5.34. The summed E-state index contributed by atoms with van der Waals surface area (Å²) in [6.07, 6.45) is 3.79. The minimum absolute atomic E-state index is 0.0637. The molecule has 2 aliphatic rings. The van der Waals surface area contributed by atoms with Gasteiger partial charge in [-0.2, -0.15) is 5.10 Å². The number of piperidine rings is 1. The highest BCUT2D eigenvalue weighted by molar-refractivity contribution is 7.12. The van der Waals surface area contributed by atoms with E-state index in [1.54, 1.807) is 4.90 Å². The fraction of sp³-hybridized carbons (Fsp3) is 0.348. The van der Waals surface area contributed by atoms with E-state index in [1.165, 1.54) is 16.9 Å². The molecule has 2 amide bonds. The Bertz CT molecular complexity index is 1100. The highest BCUT2D eigenvalue weighted by Gasteiger charge is 2.32. The van der Waals surface area contributed by atoms with Crippen molar-refractivity contribution in [3.05, 3.63) is 69.2 Å². The minimum Gasteiger partial charge on any atom is -0.329 e. The first-order valence-corrected chi connectivity index (χ1v) is 11.3. The summed E-state index contributed by atoms with van der Waals surface area (Å²) in [7, 11) is 0. The largest absolute Gasteiger partial charge is 0.329 e. The molecule has 1 fully saturated rings. The molecule has 7 heteroatoms. The van der Waals surface area contributed by atoms with E-state index in [1.807, 2.05) is 47.5 Å². The third kappa shape index (κ3) is 3.33. The quantitative estimate of drug-likeness (QED) is 0.685. The average molecular weight is 421 g/mol. The second-order valence-corrected chi connectivity index (χ2v) is 8.95. The summed E-state index contributed by atoms with van der Waals surface area (Å²) in [5.41, 5.74) is 4.52. The summed E-state index contributed by atoms with van der Waals surface area (Å²) in [6.45, 7) is 3.40. The number of aromatic nitrogens is 2. The van der Waals surface area contributed by atoms with E-state index < -0.39 is 0 Å². The maximum Gasteiger partial charge on any atom is 0.278 e. The third-order valence-electron chi connectivity index (χ3n) is 6.01. The maximum absolute atomic E-state index is 13.1. The van der Waals surface area contributed by atoms with Gasteiger partial charge in [-0.25, -0.2) is 0 Å². The Morgan fingerprint density at radius 2 is 2.00 bits per heavy atom. The van der Waals surface area contributed by atoms with Crippen LogP contribution >= 0.6 is 11.3 Å². The molecule has 30 heavy (non-hydrogen) atoms. The number of thiophene rings is 1. The second-order valence-electron chi connectivity index (χ2n) is 8.04. The number of likely N-dealkylation sites (tertiary alicyclic amines) is 1. The van der Waals surface area contributed by atoms with Crippen LogP contribution in [0.3, 0.4) is 0 Å². The van der Waals surface area contributed by atoms with E-state index in [0.717, 1.165) is 54.0 Å². The molecule has 1 unspecified atom stereocenters. The standard InChI is InChI=1S/C23H24N4O2S/c1-15-12-21(30-14-15)23(29)26-10-5-4-8-20(26)17-13-18(25-24-17)22(28)27-11-9-16-6-2-3-7-19(16)27/h2-3,6-7,12-14,20H,4-5,8-11H2,1H3,(H,24,25). The van der Waals surface area contributed by atoms with Crippen LogP contribution in [0.4, 0.5) is 5.69 Å². The lowest BCUT2D eigenvalue weighted by atomic mass is 9.98. The zero-order chi connectivity index (χ0) is 20.7. The van der Waals surface area contributed by atoms with E-state index in [4.69, 9.17) is 0 Å². The maximum atomic E-state index is 13.1. The zero-order valence-electron chi connectivity index (χ0n) is 16.9. The van der Waals surface area contributed by atoms with E-state index in [9.17, 15) is 9.59 Å². The van der Waals surface area contributed by atoms with Crippen LogP contribution in [0.5, 0.6) is 0 Å². The number of aryl methyl sites for hydroxylation is 1. The lowest BCUT2D eigenvalue weighted by Gasteiger charge is -2.34. The van der Waals surface area contributed by atoms with Gasteiger partial charge in [-0.1, -0.05) is 18.2 Å². The van der Waals surface area contributed by atoms with Crippen LogP contribution in [0.25, 0.3) is 0 Å². The van der Waals surface area contributed by atoms with E-state index >= 15 is 0 Å². The van der Waals surface area contributed by atoms with Gasteiger partial charge in [0.25, 0.3) is 11.8 Å². The Morgan fingerprint density at radius 3 is 2.83 bits per heavy atom. The van der Waals surface area contributed by atoms with Crippen LogP contribution in [0, 0.1) is 6.92 Å². The van der Waals surface area contributed by atoms with Crippen molar-refractivity contribution in [2.24, 2.45) is 0 Å². The Morgan fingerprint density at radius 1 is 1.13 bits per heavy atom. The number of hydrogen-bond donors (Lipinski definition) is 1. The molecule has 6 nitrogen and oxygen atoms in total. The number of rotatable bonds is 3. The molecule has 1 aromatic carbocycles. The van der Waals surface area contributed by atoms with Gasteiger partial charge < -0.3 is 9.80 Å². The molecule has 3 aromatic rings. The molecule has 0 saturated carbocycles. The molecular weight excluding hydrogens is 396 g/mol. The molecule has 0 spiro atoms. The molecule has 0 bridgehead atoms. The van der Waals surface area contributed by atoms with Gasteiger partial charge in [0.2, 0.25) is 0 Å². The van der Waals surface area contributed by atoms with Gasteiger partial charge in [0.05, 0.1) is 16.6 Å². The molecule has 0 aliphatic carbocycles. The smallest absolute Gasteiger partial charge is 0.278 e. The molecule has 2 aliphatic heterocycles. The Kier molecular flexibility index (Phi) is 4.90. The topological polar surface area (TPSA) is 69.3 Å². The van der Waals surface area contributed by atoms with Gasteiger partial charge in [0.15, 0.2) is 5.69 Å². The number of aromatic amines is 1. The average Bonchev–Trinajstić information content (AvgIpc) is 3.52. The van der Waals surface area contributed by atoms with E-state index in [0.29, 0.717) is 12.2 Å². The molecule has 5 rings (SSSR count). The van der Waals surface area contributed by atoms with Gasteiger partial charge in [0, 0.05) is 18.8 Å². The number of anilines is 1. The third-order valence-corrected chi connectivity index (χ3v) is 7.05. The molecule has 4 heterocycles. The molecule has 1 N–H and O–H groups in total. The summed E-state index contributed by atoms with van der Waals surface area (Å²) < 4.78 is 0. The first kappa shape index (κ1) is 19.1. The number of para-hydroxylation sites is 1. The summed E-state index contributed by atoms with van der Waals surface area (Å²) in [6, 6.07) is 11.7. The van der Waals surface area contributed by atoms with Crippen molar-refractivity contribution in [1.82, 2.24) is 15.1 Å². The predicted octanol–water partition coefficient (Wildman–Crippen LogP) is 4.35. The number of amides is 2. The van der Waals surface area contributed by atoms with E-state index in [2.05, 4.69) is 16.3 Å². The molecule has 1 saturated heterocycles. The van der Waals surface area contributed by atoms with Crippen molar-refractivity contribution in [1.29, 1.82) is 0 Å². The van der Waals surface area contributed by atoms with E-state index in [-0.39, 0.29) is 17.9 Å². The van der Waals surface area contributed by atoms with Crippen LogP contribution in [0.15, 0.2) is 41.8 Å². The van der Waals surface area contributed by atoms with Crippen molar-refractivity contribution >= 4 is 28.8 Å². The van der Waals surface area contributed by atoms with Gasteiger partial charge in [0.1, 0.15) is 0 Å². The Balaban J connectivity index is 1.38. The molecule has 0 radical (unpaired) electrons. The predicted molar refractivity (Wildman–Crippen MR) is 117 cm³/mol. The summed E-state index contributed by atoms with van der Waals surface area (Å²) >= 11 is 1.49. The number of fused-ring (bicyclic) bond motifs is 1. The van der Waals surface area contributed by atoms with Crippen LogP contribution in [0.1, 0.15) is 62.3 Å². The number of benzene rings is 1. The number of hydrogen-bond acceptors (Lipinski definition) is 4. The van der Waals surface area contributed by atoms with Gasteiger partial charge in [-0.05, 0) is 67.3 Å². The summed E-state index contributed by atoms with van der Waals surface area (Å²) in [5.74, 6) is -0.0289. The van der Waals surface area contributed by atoms with Crippen molar-refractivity contribution in [3.8, 4) is 0 Å². The SMILES string of the molecule is Cc1csc(C(=O)N2CCCCC2c2cc(C(=O)N3CCc4ccccc43)n[nH]2)c1. The molecule has 2 aromatic heterocycles. The van der Waals surface area contributed by atoms with Crippen LogP contribution < -0.4 is 4.90 Å². The van der Waals surface area contributed by atoms with Gasteiger partial charge in [-0.3, -0.25) is 14.7 Å². The summed E-state index contributed by atoms with van der Waals surface area (Å²) in [5, 5.41) is 9.39. The Hall–Kier alpha value is -2.93. The number of nitrogens with zero attached hydrogens (tertiary/aromatic N) is 3. The van der Waals surface area contributed by atoms with Crippen LogP contribution in [0.2, 0.25) is 0 Å². The first-order valence-electron chi connectivity index (χ1n) is 10.4. The number of carbonyl (C=O) groups excluding carboxylic acids is 2. The second kappa shape index (κ2) is 7.72.